The number of nitrogens with zero attached hydrogens (tertiary/aromatic N) is 5. The molecule has 1 N–H and O–H groups in total. The van der Waals surface area contributed by atoms with Crippen molar-refractivity contribution in [2.75, 3.05) is 37.6 Å². The minimum atomic E-state index is -0.779. The predicted octanol–water partition coefficient (Wildman–Crippen LogP) is 2.16. The lowest BCUT2D eigenvalue weighted by atomic mass is 10.1. The van der Waals surface area contributed by atoms with Crippen molar-refractivity contribution in [3.63, 3.8) is 0 Å². The summed E-state index contributed by atoms with van der Waals surface area (Å²) < 4.78 is 0. The fourth-order valence-electron chi connectivity index (χ4n) is 4.36. The molecular formula is C22H20Cl2N6O4. The van der Waals surface area contributed by atoms with Crippen LogP contribution in [0.3, 0.4) is 0 Å². The van der Waals surface area contributed by atoms with E-state index in [1.807, 2.05) is 6.07 Å². The Morgan fingerprint density at radius 1 is 0.912 bits per heavy atom. The van der Waals surface area contributed by atoms with E-state index in [0.29, 0.717) is 22.4 Å². The number of rotatable bonds is 4. The van der Waals surface area contributed by atoms with Crippen molar-refractivity contribution < 1.29 is 19.2 Å². The van der Waals surface area contributed by atoms with Gasteiger partial charge in [0.1, 0.15) is 5.82 Å². The van der Waals surface area contributed by atoms with Gasteiger partial charge in [-0.05, 0) is 23.8 Å². The Bertz CT molecular complexity index is 1210. The first-order valence-corrected chi connectivity index (χ1v) is 11.5. The van der Waals surface area contributed by atoms with Gasteiger partial charge in [-0.15, -0.1) is 0 Å². The summed E-state index contributed by atoms with van der Waals surface area (Å²) in [6.45, 7) is 3.56. The summed E-state index contributed by atoms with van der Waals surface area (Å²) in [5.74, 6) is -0.873. The van der Waals surface area contributed by atoms with Gasteiger partial charge in [0.2, 0.25) is 5.91 Å². The van der Waals surface area contributed by atoms with E-state index in [1.54, 1.807) is 24.4 Å². The lowest BCUT2D eigenvalue weighted by Crippen LogP contribution is -2.58. The Morgan fingerprint density at radius 2 is 1.65 bits per heavy atom. The highest BCUT2D eigenvalue weighted by molar-refractivity contribution is 6.36. The Kier molecular flexibility index (Phi) is 5.88. The first-order chi connectivity index (χ1) is 16.3. The van der Waals surface area contributed by atoms with Gasteiger partial charge < -0.3 is 4.90 Å². The molecule has 5 rings (SSSR count). The summed E-state index contributed by atoms with van der Waals surface area (Å²) in [7, 11) is 0. The highest BCUT2D eigenvalue weighted by Crippen LogP contribution is 2.29. The van der Waals surface area contributed by atoms with Gasteiger partial charge in [-0.25, -0.2) is 14.8 Å². The number of halogens is 2. The Balaban J connectivity index is 1.25. The molecule has 2 fully saturated rings. The zero-order valence-corrected chi connectivity index (χ0v) is 19.5. The lowest BCUT2D eigenvalue weighted by molar-refractivity contribution is -0.122. The van der Waals surface area contributed by atoms with Gasteiger partial charge in [-0.1, -0.05) is 29.3 Å². The normalized spacial score (nSPS) is 19.1. The number of pyridine rings is 1. The third-order valence-corrected chi connectivity index (χ3v) is 6.55. The van der Waals surface area contributed by atoms with Crippen molar-refractivity contribution in [2.24, 2.45) is 0 Å². The number of piperazine rings is 1. The molecule has 2 aromatic rings. The SMILES string of the molecule is O=C1CCN(N2C(=O)c3ccc(CN4CCN(c5ncc(Cl)cc5Cl)CC4)cc3C2=O)C(=O)N1. The molecule has 3 aliphatic heterocycles. The van der Waals surface area contributed by atoms with Crippen molar-refractivity contribution in [1.29, 1.82) is 0 Å². The zero-order valence-electron chi connectivity index (χ0n) is 18.0. The van der Waals surface area contributed by atoms with E-state index in [9.17, 15) is 19.2 Å². The van der Waals surface area contributed by atoms with Crippen LogP contribution in [0.15, 0.2) is 30.5 Å². The molecule has 34 heavy (non-hydrogen) atoms. The number of hydrazine groups is 1. The van der Waals surface area contributed by atoms with Crippen molar-refractivity contribution in [1.82, 2.24) is 25.2 Å². The number of fused-ring (bicyclic) bond motifs is 1. The standard InChI is InChI=1S/C22H20Cl2N6O4/c23-14-10-17(24)19(25-11-14)28-7-5-27(6-8-28)12-13-1-2-15-16(9-13)21(33)30(20(15)32)29-4-3-18(31)26-22(29)34/h1-2,9-11H,3-8,12H2,(H,26,31,34). The van der Waals surface area contributed by atoms with E-state index >= 15 is 0 Å². The van der Waals surface area contributed by atoms with Crippen LogP contribution in [-0.2, 0) is 11.3 Å². The van der Waals surface area contributed by atoms with Crippen LogP contribution in [-0.4, -0.2) is 76.4 Å². The maximum absolute atomic E-state index is 13.0. The molecule has 4 heterocycles. The van der Waals surface area contributed by atoms with Crippen LogP contribution in [0.4, 0.5) is 10.6 Å². The molecular weight excluding hydrogens is 483 g/mol. The Labute approximate surface area is 205 Å². The van der Waals surface area contributed by atoms with E-state index < -0.39 is 23.8 Å². The van der Waals surface area contributed by atoms with Crippen molar-refractivity contribution in [3.05, 3.63) is 57.2 Å². The van der Waals surface area contributed by atoms with Crippen molar-refractivity contribution in [2.45, 2.75) is 13.0 Å². The summed E-state index contributed by atoms with van der Waals surface area (Å²) in [6, 6.07) is 6.03. The number of anilines is 1. The van der Waals surface area contributed by atoms with Gasteiger partial charge in [0.05, 0.1) is 27.7 Å². The van der Waals surface area contributed by atoms with E-state index in [-0.39, 0.29) is 24.1 Å². The molecule has 12 heteroatoms. The lowest BCUT2D eigenvalue weighted by Gasteiger charge is -2.35. The number of aromatic nitrogens is 1. The number of imide groups is 2. The third-order valence-electron chi connectivity index (χ3n) is 6.07. The Morgan fingerprint density at radius 3 is 2.35 bits per heavy atom. The highest BCUT2D eigenvalue weighted by atomic mass is 35.5. The molecule has 2 saturated heterocycles. The quantitative estimate of drug-likeness (QED) is 0.638. The molecule has 0 saturated carbocycles. The van der Waals surface area contributed by atoms with Crippen molar-refractivity contribution >= 4 is 52.8 Å². The van der Waals surface area contributed by atoms with Crippen LogP contribution < -0.4 is 10.2 Å². The summed E-state index contributed by atoms with van der Waals surface area (Å²) in [6.07, 6.45) is 1.60. The molecule has 10 nitrogen and oxygen atoms in total. The van der Waals surface area contributed by atoms with Crippen LogP contribution in [0.25, 0.3) is 0 Å². The number of nitrogens with one attached hydrogen (secondary N) is 1. The van der Waals surface area contributed by atoms with Crippen LogP contribution in [0.1, 0.15) is 32.7 Å². The van der Waals surface area contributed by atoms with Crippen LogP contribution in [0, 0.1) is 0 Å². The summed E-state index contributed by atoms with van der Waals surface area (Å²) >= 11 is 12.2. The molecule has 0 atom stereocenters. The molecule has 0 radical (unpaired) electrons. The Hall–Kier alpha value is -3.21. The van der Waals surface area contributed by atoms with Gasteiger partial charge in [0.25, 0.3) is 11.8 Å². The summed E-state index contributed by atoms with van der Waals surface area (Å²) in [5, 5.41) is 4.94. The number of carbonyl (C=O) groups is 4. The van der Waals surface area contributed by atoms with Crippen molar-refractivity contribution in [3.8, 4) is 0 Å². The number of hydrogen-bond acceptors (Lipinski definition) is 7. The molecule has 0 unspecified atom stereocenters. The van der Waals surface area contributed by atoms with E-state index in [2.05, 4.69) is 20.1 Å². The number of benzene rings is 1. The molecule has 5 amide bonds. The van der Waals surface area contributed by atoms with Crippen LogP contribution >= 0.6 is 23.2 Å². The molecule has 176 valence electrons. The minimum absolute atomic E-state index is 0.0210. The third kappa shape index (κ3) is 4.08. The smallest absolute Gasteiger partial charge is 0.343 e. The summed E-state index contributed by atoms with van der Waals surface area (Å²) in [4.78, 5) is 58.0. The fraction of sp³-hybridized carbons (Fsp3) is 0.318. The number of amides is 5. The fourth-order valence-corrected chi connectivity index (χ4v) is 4.85. The predicted molar refractivity (Wildman–Crippen MR) is 124 cm³/mol. The summed E-state index contributed by atoms with van der Waals surface area (Å²) in [5.41, 5.74) is 1.38. The molecule has 0 bridgehead atoms. The monoisotopic (exact) mass is 502 g/mol. The average molecular weight is 503 g/mol. The minimum Gasteiger partial charge on any atom is -0.353 e. The number of carbonyl (C=O) groups excluding carboxylic acids is 4. The number of hydrogen-bond donors (Lipinski definition) is 1. The van der Waals surface area contributed by atoms with Gasteiger partial charge in [-0.2, -0.15) is 5.01 Å². The van der Waals surface area contributed by atoms with Gasteiger partial charge in [-0.3, -0.25) is 24.6 Å². The first-order valence-electron chi connectivity index (χ1n) is 10.7. The highest BCUT2D eigenvalue weighted by Gasteiger charge is 2.43. The molecule has 0 aliphatic carbocycles. The maximum atomic E-state index is 13.0. The molecule has 3 aliphatic rings. The van der Waals surface area contributed by atoms with E-state index in [4.69, 9.17) is 23.2 Å². The van der Waals surface area contributed by atoms with E-state index in [0.717, 1.165) is 41.8 Å². The zero-order chi connectivity index (χ0) is 24.0. The second kappa shape index (κ2) is 8.86. The maximum Gasteiger partial charge on any atom is 0.343 e. The first kappa shape index (κ1) is 22.6. The van der Waals surface area contributed by atoms with E-state index in [1.165, 1.54) is 0 Å². The number of urea groups is 1. The molecule has 0 spiro atoms. The van der Waals surface area contributed by atoms with Gasteiger partial charge in [0, 0.05) is 45.3 Å². The largest absolute Gasteiger partial charge is 0.353 e. The van der Waals surface area contributed by atoms with Crippen LogP contribution in [0.5, 0.6) is 0 Å². The van der Waals surface area contributed by atoms with Gasteiger partial charge >= 0.3 is 6.03 Å². The second-order valence-corrected chi connectivity index (χ2v) is 9.09. The van der Waals surface area contributed by atoms with Gasteiger partial charge in [0.15, 0.2) is 0 Å². The average Bonchev–Trinajstić information content (AvgIpc) is 3.04. The topological polar surface area (TPSA) is 106 Å². The molecule has 1 aromatic carbocycles. The second-order valence-electron chi connectivity index (χ2n) is 8.25. The molecule has 1 aromatic heterocycles. The van der Waals surface area contributed by atoms with Crippen LogP contribution in [0.2, 0.25) is 10.0 Å².